The van der Waals surface area contributed by atoms with E-state index in [1.165, 1.54) is 164 Å². The Hall–Kier alpha value is -8.46. The van der Waals surface area contributed by atoms with E-state index in [-0.39, 0.29) is 0 Å². The monoisotopic (exact) mass is 864 g/mol. The molecule has 0 aliphatic heterocycles. The van der Waals surface area contributed by atoms with Gasteiger partial charge in [0.1, 0.15) is 0 Å². The van der Waals surface area contributed by atoms with Crippen molar-refractivity contribution in [2.75, 3.05) is 0 Å². The molecule has 0 saturated carbocycles. The maximum Gasteiger partial charge on any atom is 0.0620 e. The molecular weight excluding hydrogens is 821 g/mol. The third kappa shape index (κ3) is 5.12. The summed E-state index contributed by atoms with van der Waals surface area (Å²) in [5.41, 5.74) is 22.5. The Kier molecular flexibility index (Phi) is 7.53. The first kappa shape index (κ1) is 37.7. The van der Waals surface area contributed by atoms with Crippen LogP contribution in [0, 0.1) is 27.7 Å². The lowest BCUT2D eigenvalue weighted by Gasteiger charge is -2.19. The van der Waals surface area contributed by atoms with E-state index in [0.717, 1.165) is 0 Å². The SMILES string of the molecule is Cc1ccc2c(c1)c1cc(C)cc3c4cc5c(-c6ccc(-c7ccccc7)cc6)c6cc7c(cc6c(-c6ccc(-c8ccccc8)cc6)c5cc4n2c13)c1cc(C)cc2c3cc(C)ccc3n7c21. The van der Waals surface area contributed by atoms with Gasteiger partial charge in [0.25, 0.3) is 0 Å². The Bertz CT molecular complexity index is 4290. The maximum atomic E-state index is 2.56. The molecule has 0 saturated heterocycles. The standard InChI is InChI=1S/C66H44N2/c1-37-15-25-59-47(27-37)55-29-39(3)31-57-49-33-51-53(35-61(49)67(59)65(55)57)63(45-21-17-43(18-22-45)41-11-7-5-8-12-41)52-34-50-58-32-40(4)30-56-48-28-38(2)16-26-60(48)68(66(56)58)62(50)36-54(52)64(51)46-23-19-44(20-24-46)42-13-9-6-10-14-42/h5-36H,1-4H3. The Labute approximate surface area is 393 Å². The maximum absolute atomic E-state index is 2.56. The van der Waals surface area contributed by atoms with E-state index >= 15 is 0 Å². The molecular formula is C66H44N2. The summed E-state index contributed by atoms with van der Waals surface area (Å²) in [6.07, 6.45) is 0. The van der Waals surface area contributed by atoms with E-state index in [0.29, 0.717) is 0 Å². The van der Waals surface area contributed by atoms with Crippen molar-refractivity contribution >= 4 is 97.7 Å². The highest BCUT2D eigenvalue weighted by molar-refractivity contribution is 6.32. The van der Waals surface area contributed by atoms with Crippen molar-refractivity contribution in [2.24, 2.45) is 0 Å². The Morgan fingerprint density at radius 1 is 0.221 bits per heavy atom. The molecule has 4 heterocycles. The zero-order valence-corrected chi connectivity index (χ0v) is 38.4. The van der Waals surface area contributed by atoms with Gasteiger partial charge in [-0.2, -0.15) is 0 Å². The highest BCUT2D eigenvalue weighted by Gasteiger charge is 2.26. The second-order valence-corrected chi connectivity index (χ2v) is 19.6. The van der Waals surface area contributed by atoms with E-state index in [9.17, 15) is 0 Å². The quantitative estimate of drug-likeness (QED) is 0.156. The number of nitrogens with zero attached hydrogens (tertiary/aromatic N) is 2. The summed E-state index contributed by atoms with van der Waals surface area (Å²) in [6, 6.07) is 73.9. The van der Waals surface area contributed by atoms with Gasteiger partial charge < -0.3 is 8.80 Å². The van der Waals surface area contributed by atoms with Crippen LogP contribution in [0.5, 0.6) is 0 Å². The molecule has 2 nitrogen and oxygen atoms in total. The highest BCUT2D eigenvalue weighted by Crippen LogP contribution is 2.51. The van der Waals surface area contributed by atoms with Crippen molar-refractivity contribution < 1.29 is 0 Å². The molecule has 0 N–H and O–H groups in total. The lowest BCUT2D eigenvalue weighted by Crippen LogP contribution is -1.93. The minimum Gasteiger partial charge on any atom is -0.308 e. The zero-order chi connectivity index (χ0) is 45.1. The highest BCUT2D eigenvalue weighted by atomic mass is 14.9. The van der Waals surface area contributed by atoms with Crippen LogP contribution in [-0.4, -0.2) is 8.80 Å². The number of rotatable bonds is 4. The van der Waals surface area contributed by atoms with E-state index in [4.69, 9.17) is 0 Å². The molecule has 15 aromatic rings. The first-order valence-corrected chi connectivity index (χ1v) is 23.9. The van der Waals surface area contributed by atoms with Gasteiger partial charge in [0.2, 0.25) is 0 Å². The van der Waals surface area contributed by atoms with Crippen molar-refractivity contribution in [3.63, 3.8) is 0 Å². The third-order valence-corrected chi connectivity index (χ3v) is 15.3. The largest absolute Gasteiger partial charge is 0.308 e. The number of benzene rings is 11. The van der Waals surface area contributed by atoms with Gasteiger partial charge in [0.15, 0.2) is 0 Å². The minimum absolute atomic E-state index is 1.21. The summed E-state index contributed by atoms with van der Waals surface area (Å²) in [6.45, 7) is 8.92. The van der Waals surface area contributed by atoms with Gasteiger partial charge in [0.05, 0.1) is 33.1 Å². The fraction of sp³-hybridized carbons (Fsp3) is 0.0606. The molecule has 0 aliphatic carbocycles. The lowest BCUT2D eigenvalue weighted by molar-refractivity contribution is 1.36. The van der Waals surface area contributed by atoms with Crippen LogP contribution in [0.4, 0.5) is 0 Å². The van der Waals surface area contributed by atoms with Crippen molar-refractivity contribution in [3.8, 4) is 44.5 Å². The summed E-state index contributed by atoms with van der Waals surface area (Å²) >= 11 is 0. The number of aryl methyl sites for hydroxylation is 4. The average Bonchev–Trinajstić information content (AvgIpc) is 4.07. The molecule has 0 atom stereocenters. The molecule has 2 heteroatoms. The lowest BCUT2D eigenvalue weighted by atomic mass is 9.84. The van der Waals surface area contributed by atoms with E-state index < -0.39 is 0 Å². The Morgan fingerprint density at radius 3 is 0.912 bits per heavy atom. The van der Waals surface area contributed by atoms with Crippen LogP contribution in [-0.2, 0) is 0 Å². The normalized spacial score (nSPS) is 12.4. The van der Waals surface area contributed by atoms with Crippen LogP contribution < -0.4 is 0 Å². The fourth-order valence-corrected chi connectivity index (χ4v) is 12.4. The molecule has 0 radical (unpaired) electrons. The second kappa shape index (κ2) is 13.6. The van der Waals surface area contributed by atoms with Crippen LogP contribution >= 0.6 is 0 Å². The van der Waals surface area contributed by atoms with E-state index in [1.807, 2.05) is 0 Å². The molecule has 11 aromatic carbocycles. The van der Waals surface area contributed by atoms with Crippen LogP contribution in [0.1, 0.15) is 22.3 Å². The average molecular weight is 865 g/mol. The number of hydrogen-bond acceptors (Lipinski definition) is 0. The van der Waals surface area contributed by atoms with E-state index in [2.05, 4.69) is 231 Å². The number of aromatic nitrogens is 2. The van der Waals surface area contributed by atoms with E-state index in [1.54, 1.807) is 0 Å². The summed E-state index contributed by atoms with van der Waals surface area (Å²) < 4.78 is 5.11. The van der Waals surface area contributed by atoms with Crippen molar-refractivity contribution in [1.82, 2.24) is 8.80 Å². The smallest absolute Gasteiger partial charge is 0.0620 e. The molecule has 318 valence electrons. The molecule has 15 rings (SSSR count). The van der Waals surface area contributed by atoms with Crippen LogP contribution in [0.2, 0.25) is 0 Å². The van der Waals surface area contributed by atoms with Gasteiger partial charge in [-0.25, -0.2) is 0 Å². The summed E-state index contributed by atoms with van der Waals surface area (Å²) in [5.74, 6) is 0. The Balaban J connectivity index is 1.15. The predicted octanol–water partition coefficient (Wildman–Crippen LogP) is 18.2. The van der Waals surface area contributed by atoms with Gasteiger partial charge in [-0.15, -0.1) is 0 Å². The fourth-order valence-electron chi connectivity index (χ4n) is 12.4. The summed E-state index contributed by atoms with van der Waals surface area (Å²) in [4.78, 5) is 0. The first-order chi connectivity index (χ1) is 33.3. The van der Waals surface area contributed by atoms with Gasteiger partial charge in [0, 0.05) is 43.1 Å². The molecule has 0 spiro atoms. The van der Waals surface area contributed by atoms with Crippen LogP contribution in [0.3, 0.4) is 0 Å². The van der Waals surface area contributed by atoms with Crippen molar-refractivity contribution in [2.45, 2.75) is 27.7 Å². The molecule has 0 fully saturated rings. The van der Waals surface area contributed by atoms with Gasteiger partial charge in [-0.05, 0) is 178 Å². The molecule has 0 amide bonds. The topological polar surface area (TPSA) is 8.82 Å². The van der Waals surface area contributed by atoms with Gasteiger partial charge >= 0.3 is 0 Å². The van der Waals surface area contributed by atoms with Crippen molar-refractivity contribution in [3.05, 3.63) is 216 Å². The van der Waals surface area contributed by atoms with Crippen molar-refractivity contribution in [1.29, 1.82) is 0 Å². The third-order valence-electron chi connectivity index (χ3n) is 15.3. The second-order valence-electron chi connectivity index (χ2n) is 19.6. The molecule has 0 aliphatic rings. The molecule has 68 heavy (non-hydrogen) atoms. The number of hydrogen-bond donors (Lipinski definition) is 0. The van der Waals surface area contributed by atoms with Crippen LogP contribution in [0.15, 0.2) is 194 Å². The summed E-state index contributed by atoms with van der Waals surface area (Å²) in [7, 11) is 0. The zero-order valence-electron chi connectivity index (χ0n) is 38.4. The molecule has 0 unspecified atom stereocenters. The molecule has 0 bridgehead atoms. The Morgan fingerprint density at radius 2 is 0.529 bits per heavy atom. The van der Waals surface area contributed by atoms with Gasteiger partial charge in [-0.1, -0.05) is 132 Å². The minimum atomic E-state index is 1.21. The van der Waals surface area contributed by atoms with Crippen LogP contribution in [0.25, 0.3) is 142 Å². The number of fused-ring (bicyclic) bond motifs is 14. The summed E-state index contributed by atoms with van der Waals surface area (Å²) in [5, 5.41) is 15.5. The molecule has 4 aromatic heterocycles. The predicted molar refractivity (Wildman–Crippen MR) is 291 cm³/mol. The first-order valence-electron chi connectivity index (χ1n) is 23.9. The van der Waals surface area contributed by atoms with Gasteiger partial charge in [-0.3, -0.25) is 0 Å².